The summed E-state index contributed by atoms with van der Waals surface area (Å²) in [4.78, 5) is 26.5. The summed E-state index contributed by atoms with van der Waals surface area (Å²) in [7, 11) is 0. The second kappa shape index (κ2) is 6.53. The van der Waals surface area contributed by atoms with Crippen molar-refractivity contribution in [2.75, 3.05) is 4.90 Å². The summed E-state index contributed by atoms with van der Waals surface area (Å²) in [6, 6.07) is 11.1. The molecule has 2 amide bonds. The van der Waals surface area contributed by atoms with E-state index in [0.29, 0.717) is 17.2 Å². The highest BCUT2D eigenvalue weighted by Gasteiger charge is 2.34. The maximum Gasteiger partial charge on any atom is 0.270 e. The van der Waals surface area contributed by atoms with Crippen LogP contribution in [-0.2, 0) is 15.0 Å². The number of hydrogen-bond acceptors (Lipinski definition) is 4. The van der Waals surface area contributed by atoms with Crippen LogP contribution in [0.2, 0.25) is 0 Å². The zero-order valence-corrected chi connectivity index (χ0v) is 15.9. The van der Waals surface area contributed by atoms with Gasteiger partial charge in [0.15, 0.2) is 5.11 Å². The van der Waals surface area contributed by atoms with Crippen LogP contribution in [0.15, 0.2) is 46.4 Å². The van der Waals surface area contributed by atoms with Gasteiger partial charge in [-0.05, 0) is 60.5 Å². The summed E-state index contributed by atoms with van der Waals surface area (Å²) in [6.07, 6.45) is 1.43. The molecule has 1 aromatic carbocycles. The predicted molar refractivity (Wildman–Crippen MR) is 105 cm³/mol. The molecule has 1 saturated heterocycles. The lowest BCUT2D eigenvalue weighted by atomic mass is 9.87. The highest BCUT2D eigenvalue weighted by Crippen LogP contribution is 2.27. The minimum Gasteiger partial charge on any atom is -0.462 e. The number of nitrogens with zero attached hydrogens (tertiary/aromatic N) is 1. The van der Waals surface area contributed by atoms with Crippen LogP contribution >= 0.6 is 12.2 Å². The molecule has 0 spiro atoms. The van der Waals surface area contributed by atoms with Crippen molar-refractivity contribution in [2.45, 2.75) is 33.1 Å². The van der Waals surface area contributed by atoms with Gasteiger partial charge in [-0.15, -0.1) is 0 Å². The van der Waals surface area contributed by atoms with Crippen LogP contribution in [0.1, 0.15) is 37.9 Å². The number of hydrogen-bond donors (Lipinski definition) is 1. The third-order valence-corrected chi connectivity index (χ3v) is 4.43. The molecule has 0 aliphatic carbocycles. The van der Waals surface area contributed by atoms with Crippen LogP contribution in [0.4, 0.5) is 5.69 Å². The van der Waals surface area contributed by atoms with E-state index >= 15 is 0 Å². The van der Waals surface area contributed by atoms with Crippen molar-refractivity contribution < 1.29 is 14.0 Å². The first kappa shape index (κ1) is 18.1. The van der Waals surface area contributed by atoms with E-state index < -0.39 is 11.8 Å². The first-order valence-electron chi connectivity index (χ1n) is 8.25. The Bertz CT molecular complexity index is 917. The van der Waals surface area contributed by atoms with Gasteiger partial charge in [-0.1, -0.05) is 32.9 Å². The van der Waals surface area contributed by atoms with Crippen LogP contribution in [0.3, 0.4) is 0 Å². The molecule has 6 heteroatoms. The Morgan fingerprint density at radius 2 is 1.73 bits per heavy atom. The lowest BCUT2D eigenvalue weighted by molar-refractivity contribution is -0.122. The molecule has 0 atom stereocenters. The van der Waals surface area contributed by atoms with Gasteiger partial charge >= 0.3 is 0 Å². The van der Waals surface area contributed by atoms with Gasteiger partial charge < -0.3 is 4.42 Å². The van der Waals surface area contributed by atoms with Gasteiger partial charge in [0.05, 0.1) is 5.69 Å². The normalized spacial score (nSPS) is 17.0. The largest absolute Gasteiger partial charge is 0.462 e. The third-order valence-electron chi connectivity index (χ3n) is 4.14. The molecule has 0 radical (unpaired) electrons. The molecule has 1 aliphatic rings. The maximum absolute atomic E-state index is 12.9. The van der Waals surface area contributed by atoms with Crippen LogP contribution in [-0.4, -0.2) is 16.9 Å². The molecule has 1 N–H and O–H groups in total. The Kier molecular flexibility index (Phi) is 4.54. The average molecular weight is 368 g/mol. The SMILES string of the molecule is Cc1ccc(C=C2C(=O)NC(=S)N(c3ccc(C(C)(C)C)cc3)C2=O)o1. The summed E-state index contributed by atoms with van der Waals surface area (Å²) >= 11 is 5.21. The van der Waals surface area contributed by atoms with Crippen molar-refractivity contribution in [1.82, 2.24) is 5.32 Å². The molecule has 2 heterocycles. The molecule has 3 rings (SSSR count). The van der Waals surface area contributed by atoms with Crippen molar-refractivity contribution >= 4 is 40.9 Å². The average Bonchev–Trinajstić information content (AvgIpc) is 2.96. The van der Waals surface area contributed by atoms with E-state index in [1.165, 1.54) is 11.0 Å². The Hall–Kier alpha value is -2.73. The number of thiocarbonyl (C=S) groups is 1. The monoisotopic (exact) mass is 368 g/mol. The number of anilines is 1. The van der Waals surface area contributed by atoms with Crippen molar-refractivity contribution in [3.05, 3.63) is 59.1 Å². The Balaban J connectivity index is 1.96. The van der Waals surface area contributed by atoms with E-state index in [9.17, 15) is 9.59 Å². The summed E-state index contributed by atoms with van der Waals surface area (Å²) in [5.41, 5.74) is 1.73. The second-order valence-corrected chi connectivity index (χ2v) is 7.59. The van der Waals surface area contributed by atoms with Crippen LogP contribution in [0.25, 0.3) is 6.08 Å². The number of furan rings is 1. The van der Waals surface area contributed by atoms with Crippen LogP contribution in [0.5, 0.6) is 0 Å². The lowest BCUT2D eigenvalue weighted by Crippen LogP contribution is -2.54. The lowest BCUT2D eigenvalue weighted by Gasteiger charge is -2.29. The van der Waals surface area contributed by atoms with E-state index in [1.54, 1.807) is 19.1 Å². The fourth-order valence-corrected chi connectivity index (χ4v) is 2.96. The van der Waals surface area contributed by atoms with Gasteiger partial charge in [0.2, 0.25) is 0 Å². The molecule has 1 aliphatic heterocycles. The standard InChI is InChI=1S/C20H20N2O3S/c1-12-5-10-15(25-12)11-16-17(23)21-19(26)22(18(16)24)14-8-6-13(7-9-14)20(2,3)4/h5-11H,1-4H3,(H,21,23,26). The number of benzene rings is 1. The maximum atomic E-state index is 12.9. The molecular formula is C20H20N2O3S. The summed E-state index contributed by atoms with van der Waals surface area (Å²) < 4.78 is 5.44. The minimum absolute atomic E-state index is 0.00136. The summed E-state index contributed by atoms with van der Waals surface area (Å²) in [5.74, 6) is 0.135. The Morgan fingerprint density at radius 3 is 2.27 bits per heavy atom. The molecular weight excluding hydrogens is 348 g/mol. The van der Waals surface area contributed by atoms with E-state index in [-0.39, 0.29) is 16.1 Å². The van der Waals surface area contributed by atoms with Crippen LogP contribution in [0, 0.1) is 6.92 Å². The van der Waals surface area contributed by atoms with Crippen molar-refractivity contribution in [1.29, 1.82) is 0 Å². The minimum atomic E-state index is -0.531. The summed E-state index contributed by atoms with van der Waals surface area (Å²) in [6.45, 7) is 8.14. The van der Waals surface area contributed by atoms with Gasteiger partial charge in [0, 0.05) is 0 Å². The number of aryl methyl sites for hydroxylation is 1. The molecule has 1 fully saturated rings. The van der Waals surface area contributed by atoms with E-state index in [1.807, 2.05) is 24.3 Å². The number of carbonyl (C=O) groups is 2. The van der Waals surface area contributed by atoms with Crippen molar-refractivity contribution in [3.63, 3.8) is 0 Å². The van der Waals surface area contributed by atoms with E-state index in [4.69, 9.17) is 16.6 Å². The fourth-order valence-electron chi connectivity index (χ4n) is 2.68. The third kappa shape index (κ3) is 3.46. The highest BCUT2D eigenvalue weighted by molar-refractivity contribution is 7.80. The second-order valence-electron chi connectivity index (χ2n) is 7.20. The molecule has 1 aromatic heterocycles. The quantitative estimate of drug-likeness (QED) is 0.499. The van der Waals surface area contributed by atoms with Gasteiger partial charge in [-0.2, -0.15) is 0 Å². The van der Waals surface area contributed by atoms with E-state index in [0.717, 1.165) is 5.56 Å². The first-order chi connectivity index (χ1) is 12.2. The smallest absolute Gasteiger partial charge is 0.270 e. The Morgan fingerprint density at radius 1 is 1.08 bits per heavy atom. The molecule has 134 valence electrons. The first-order valence-corrected chi connectivity index (χ1v) is 8.66. The number of carbonyl (C=O) groups excluding carboxylic acids is 2. The highest BCUT2D eigenvalue weighted by atomic mass is 32.1. The van der Waals surface area contributed by atoms with Crippen molar-refractivity contribution in [2.24, 2.45) is 0 Å². The number of rotatable bonds is 2. The van der Waals surface area contributed by atoms with Crippen molar-refractivity contribution in [3.8, 4) is 0 Å². The number of nitrogens with one attached hydrogen (secondary N) is 1. The molecule has 26 heavy (non-hydrogen) atoms. The van der Waals surface area contributed by atoms with E-state index in [2.05, 4.69) is 26.1 Å². The number of amides is 2. The molecule has 0 bridgehead atoms. The zero-order chi connectivity index (χ0) is 19.1. The fraction of sp³-hybridized carbons (Fsp3) is 0.250. The molecule has 5 nitrogen and oxygen atoms in total. The van der Waals surface area contributed by atoms with Gasteiger partial charge in [0.25, 0.3) is 11.8 Å². The molecule has 2 aromatic rings. The Labute approximate surface area is 157 Å². The predicted octanol–water partition coefficient (Wildman–Crippen LogP) is 3.72. The van der Waals surface area contributed by atoms with Gasteiger partial charge in [-0.25, -0.2) is 0 Å². The summed E-state index contributed by atoms with van der Waals surface area (Å²) in [5, 5.41) is 2.63. The van der Waals surface area contributed by atoms with Gasteiger partial charge in [0.1, 0.15) is 17.1 Å². The topological polar surface area (TPSA) is 62.6 Å². The zero-order valence-electron chi connectivity index (χ0n) is 15.1. The molecule has 0 unspecified atom stereocenters. The van der Waals surface area contributed by atoms with Crippen LogP contribution < -0.4 is 10.2 Å². The van der Waals surface area contributed by atoms with Gasteiger partial charge in [-0.3, -0.25) is 19.8 Å². The molecule has 0 saturated carbocycles.